The molecule has 1 atom stereocenters. The van der Waals surface area contributed by atoms with Crippen LogP contribution in [0, 0.1) is 5.92 Å². The third kappa shape index (κ3) is 3.02. The zero-order valence-corrected chi connectivity index (χ0v) is 15.9. The Morgan fingerprint density at radius 2 is 2.00 bits per heavy atom. The zero-order valence-electron chi connectivity index (χ0n) is 15.9. The number of carbonyl (C=O) groups is 1. The fraction of sp³-hybridized carbons (Fsp3) is 0.364. The van der Waals surface area contributed by atoms with Gasteiger partial charge >= 0.3 is 0 Å². The molecule has 1 unspecified atom stereocenters. The standard InChI is InChI=1S/C22H26N4O/c1-15(2)22(11-4-12-24-14-22)17-7-9-18(10-8-17)26-13-16-5-3-6-19(21(23)27)20(16)25-26/h3,5-10,13,15,24H,4,11-12,14H2,1-2H3,(H2,23,27). The van der Waals surface area contributed by atoms with Crippen LogP contribution in [0.3, 0.4) is 0 Å². The first-order valence-electron chi connectivity index (χ1n) is 9.61. The number of hydrogen-bond acceptors (Lipinski definition) is 3. The lowest BCUT2D eigenvalue weighted by atomic mass is 9.67. The number of primary amides is 1. The number of rotatable bonds is 4. The summed E-state index contributed by atoms with van der Waals surface area (Å²) in [5, 5.41) is 9.09. The van der Waals surface area contributed by atoms with Crippen LogP contribution in [0.15, 0.2) is 48.7 Å². The Balaban J connectivity index is 1.71. The van der Waals surface area contributed by atoms with Crippen LogP contribution in [-0.2, 0) is 5.41 Å². The van der Waals surface area contributed by atoms with Gasteiger partial charge in [0.05, 0.1) is 11.3 Å². The van der Waals surface area contributed by atoms with Crippen molar-refractivity contribution in [3.05, 3.63) is 59.8 Å². The Morgan fingerprint density at radius 3 is 2.63 bits per heavy atom. The predicted molar refractivity (Wildman–Crippen MR) is 108 cm³/mol. The number of nitrogens with zero attached hydrogens (tertiary/aromatic N) is 2. The summed E-state index contributed by atoms with van der Waals surface area (Å²) < 4.78 is 1.82. The molecule has 4 rings (SSSR count). The highest BCUT2D eigenvalue weighted by Crippen LogP contribution is 2.38. The van der Waals surface area contributed by atoms with Crippen molar-refractivity contribution in [3.8, 4) is 5.69 Å². The molecule has 0 saturated carbocycles. The van der Waals surface area contributed by atoms with Crippen molar-refractivity contribution in [2.24, 2.45) is 11.7 Å². The molecule has 3 N–H and O–H groups in total. The summed E-state index contributed by atoms with van der Waals surface area (Å²) in [5.74, 6) is 0.117. The van der Waals surface area contributed by atoms with Gasteiger partial charge in [0.1, 0.15) is 5.52 Å². The zero-order chi connectivity index (χ0) is 19.0. The van der Waals surface area contributed by atoms with E-state index in [9.17, 15) is 4.79 Å². The van der Waals surface area contributed by atoms with Crippen molar-refractivity contribution in [1.29, 1.82) is 0 Å². The summed E-state index contributed by atoms with van der Waals surface area (Å²) in [5.41, 5.74) is 9.12. The number of amides is 1. The van der Waals surface area contributed by atoms with E-state index >= 15 is 0 Å². The molecule has 1 aliphatic heterocycles. The molecule has 1 aromatic heterocycles. The summed E-state index contributed by atoms with van der Waals surface area (Å²) in [7, 11) is 0. The van der Waals surface area contributed by atoms with E-state index in [-0.39, 0.29) is 5.41 Å². The molecule has 5 heteroatoms. The van der Waals surface area contributed by atoms with Gasteiger partial charge in [-0.05, 0) is 49.1 Å². The van der Waals surface area contributed by atoms with Crippen molar-refractivity contribution in [1.82, 2.24) is 15.1 Å². The largest absolute Gasteiger partial charge is 0.366 e. The van der Waals surface area contributed by atoms with Crippen LogP contribution in [0.1, 0.15) is 42.6 Å². The Hall–Kier alpha value is -2.66. The number of nitrogens with two attached hydrogens (primary N) is 1. The topological polar surface area (TPSA) is 72.9 Å². The number of nitrogens with one attached hydrogen (secondary N) is 1. The maximum Gasteiger partial charge on any atom is 0.250 e. The van der Waals surface area contributed by atoms with Gasteiger partial charge in [-0.1, -0.05) is 38.1 Å². The van der Waals surface area contributed by atoms with Crippen LogP contribution in [0.25, 0.3) is 16.6 Å². The van der Waals surface area contributed by atoms with E-state index in [1.54, 1.807) is 6.07 Å². The smallest absolute Gasteiger partial charge is 0.250 e. The molecule has 1 aliphatic rings. The normalized spacial score (nSPS) is 20.3. The molecule has 1 amide bonds. The van der Waals surface area contributed by atoms with Crippen molar-refractivity contribution >= 4 is 16.8 Å². The lowest BCUT2D eigenvalue weighted by Crippen LogP contribution is -2.46. The molecule has 3 aromatic rings. The summed E-state index contributed by atoms with van der Waals surface area (Å²) >= 11 is 0. The van der Waals surface area contributed by atoms with Crippen LogP contribution in [0.2, 0.25) is 0 Å². The highest BCUT2D eigenvalue weighted by molar-refractivity contribution is 6.04. The first kappa shape index (κ1) is 17.7. The second-order valence-electron chi connectivity index (χ2n) is 7.82. The molecule has 0 spiro atoms. The fourth-order valence-electron chi connectivity index (χ4n) is 4.32. The van der Waals surface area contributed by atoms with Crippen LogP contribution in [-0.4, -0.2) is 28.8 Å². The van der Waals surface area contributed by atoms with E-state index < -0.39 is 5.91 Å². The molecule has 140 valence electrons. The maximum atomic E-state index is 11.6. The minimum atomic E-state index is -0.454. The van der Waals surface area contributed by atoms with E-state index in [4.69, 9.17) is 5.73 Å². The van der Waals surface area contributed by atoms with Gasteiger partial charge in [-0.2, -0.15) is 5.10 Å². The molecule has 27 heavy (non-hydrogen) atoms. The van der Waals surface area contributed by atoms with Gasteiger partial charge in [-0.15, -0.1) is 0 Å². The SMILES string of the molecule is CC(C)C1(c2ccc(-n3cc4cccc(C(N)=O)c4n3)cc2)CCCNC1. The molecule has 2 aromatic carbocycles. The number of benzene rings is 2. The van der Waals surface area contributed by atoms with Gasteiger partial charge in [-0.3, -0.25) is 4.79 Å². The third-order valence-electron chi connectivity index (χ3n) is 6.03. The highest BCUT2D eigenvalue weighted by atomic mass is 16.1. The Bertz CT molecular complexity index is 966. The van der Waals surface area contributed by atoms with Crippen LogP contribution in [0.4, 0.5) is 0 Å². The van der Waals surface area contributed by atoms with E-state index in [1.165, 1.54) is 18.4 Å². The van der Waals surface area contributed by atoms with Crippen LogP contribution >= 0.6 is 0 Å². The van der Waals surface area contributed by atoms with Crippen molar-refractivity contribution in [2.75, 3.05) is 13.1 Å². The molecular weight excluding hydrogens is 336 g/mol. The van der Waals surface area contributed by atoms with Crippen molar-refractivity contribution in [3.63, 3.8) is 0 Å². The molecule has 5 nitrogen and oxygen atoms in total. The van der Waals surface area contributed by atoms with Crippen LogP contribution in [0.5, 0.6) is 0 Å². The van der Waals surface area contributed by atoms with Crippen LogP contribution < -0.4 is 11.1 Å². The van der Waals surface area contributed by atoms with Gasteiger partial charge in [-0.25, -0.2) is 4.68 Å². The van der Waals surface area contributed by atoms with E-state index in [0.29, 0.717) is 17.0 Å². The number of carbonyl (C=O) groups excluding carboxylic acids is 1. The third-order valence-corrected chi connectivity index (χ3v) is 6.03. The quantitative estimate of drug-likeness (QED) is 0.747. The van der Waals surface area contributed by atoms with E-state index in [1.807, 2.05) is 23.0 Å². The Kier molecular flexibility index (Phi) is 4.48. The average molecular weight is 362 g/mol. The molecular formula is C22H26N4O. The number of aromatic nitrogens is 2. The van der Waals surface area contributed by atoms with Gasteiger partial charge in [0.15, 0.2) is 0 Å². The molecule has 1 saturated heterocycles. The average Bonchev–Trinajstić information content (AvgIpc) is 3.12. The second kappa shape index (κ2) is 6.82. The summed E-state index contributed by atoms with van der Waals surface area (Å²) in [6, 6.07) is 14.2. The monoisotopic (exact) mass is 362 g/mol. The number of fused-ring (bicyclic) bond motifs is 1. The van der Waals surface area contributed by atoms with Gasteiger partial charge < -0.3 is 11.1 Å². The first-order chi connectivity index (χ1) is 13.0. The fourth-order valence-corrected chi connectivity index (χ4v) is 4.32. The highest BCUT2D eigenvalue weighted by Gasteiger charge is 2.36. The van der Waals surface area contributed by atoms with Crippen molar-refractivity contribution < 1.29 is 4.79 Å². The van der Waals surface area contributed by atoms with E-state index in [0.717, 1.165) is 24.2 Å². The Labute approximate surface area is 159 Å². The lowest BCUT2D eigenvalue weighted by Gasteiger charge is -2.42. The second-order valence-corrected chi connectivity index (χ2v) is 7.82. The molecule has 2 heterocycles. The molecule has 0 bridgehead atoms. The minimum absolute atomic E-state index is 0.185. The summed E-state index contributed by atoms with van der Waals surface area (Å²) in [6.07, 6.45) is 4.36. The lowest BCUT2D eigenvalue weighted by molar-refractivity contribution is 0.100. The van der Waals surface area contributed by atoms with E-state index in [2.05, 4.69) is 48.5 Å². The predicted octanol–water partition coefficient (Wildman–Crippen LogP) is 3.40. The maximum absolute atomic E-state index is 11.6. The first-order valence-corrected chi connectivity index (χ1v) is 9.61. The van der Waals surface area contributed by atoms with Crippen molar-refractivity contribution in [2.45, 2.75) is 32.1 Å². The Morgan fingerprint density at radius 1 is 1.22 bits per heavy atom. The number of hydrogen-bond donors (Lipinski definition) is 2. The minimum Gasteiger partial charge on any atom is -0.366 e. The molecule has 0 radical (unpaired) electrons. The van der Waals surface area contributed by atoms with Gasteiger partial charge in [0.25, 0.3) is 5.91 Å². The number of piperidine rings is 1. The molecule has 0 aliphatic carbocycles. The van der Waals surface area contributed by atoms with Gasteiger partial charge in [0, 0.05) is 23.5 Å². The summed E-state index contributed by atoms with van der Waals surface area (Å²) in [4.78, 5) is 11.6. The molecule has 1 fully saturated rings. The summed E-state index contributed by atoms with van der Waals surface area (Å²) in [6.45, 7) is 6.76. The van der Waals surface area contributed by atoms with Gasteiger partial charge in [0.2, 0.25) is 0 Å².